The molecule has 2 aromatic heterocycles. The largest absolute Gasteiger partial charge is 0.309 e. The number of benzene rings is 8. The minimum Gasteiger partial charge on any atom is -0.309 e. The molecule has 0 saturated heterocycles. The third-order valence-corrected chi connectivity index (χ3v) is 12.6. The van der Waals surface area contributed by atoms with Crippen molar-refractivity contribution < 1.29 is 0 Å². The number of hydrogen-bond acceptors (Lipinski definition) is 0. The van der Waals surface area contributed by atoms with Crippen molar-refractivity contribution in [1.82, 2.24) is 9.13 Å². The maximum Gasteiger partial charge on any atom is 0.0701 e. The zero-order valence-corrected chi connectivity index (χ0v) is 34.9. The van der Waals surface area contributed by atoms with E-state index in [0.717, 1.165) is 5.69 Å². The average Bonchev–Trinajstić information content (AvgIpc) is 3.76. The van der Waals surface area contributed by atoms with Gasteiger partial charge in [-0.25, -0.2) is 0 Å². The number of nitrogens with zero attached hydrogens (tertiary/aromatic N) is 2. The van der Waals surface area contributed by atoms with Crippen LogP contribution in [-0.4, -0.2) is 9.13 Å². The molecule has 0 aliphatic heterocycles. The normalized spacial score (nSPS) is 12.6. The lowest BCUT2D eigenvalue weighted by molar-refractivity contribution is 0.590. The molecule has 59 heavy (non-hydrogen) atoms. The van der Waals surface area contributed by atoms with Crippen LogP contribution in [0.2, 0.25) is 0 Å². The van der Waals surface area contributed by atoms with Crippen molar-refractivity contribution in [3.8, 4) is 11.4 Å². The first kappa shape index (κ1) is 36.7. The maximum absolute atomic E-state index is 2.47. The van der Waals surface area contributed by atoms with Gasteiger partial charge in [-0.2, -0.15) is 0 Å². The molecule has 0 radical (unpaired) electrons. The number of hydrogen-bond donors (Lipinski definition) is 0. The van der Waals surface area contributed by atoms with Gasteiger partial charge in [0.15, 0.2) is 0 Å². The van der Waals surface area contributed by atoms with Crippen LogP contribution >= 0.6 is 0 Å². The van der Waals surface area contributed by atoms with E-state index in [9.17, 15) is 0 Å². The second-order valence-corrected chi connectivity index (χ2v) is 18.2. The van der Waals surface area contributed by atoms with Crippen molar-refractivity contribution in [3.05, 3.63) is 228 Å². The predicted molar refractivity (Wildman–Crippen MR) is 251 cm³/mol. The van der Waals surface area contributed by atoms with Crippen LogP contribution in [0.25, 0.3) is 55.0 Å². The Labute approximate surface area is 348 Å². The van der Waals surface area contributed by atoms with Gasteiger partial charge in [-0.1, -0.05) is 175 Å². The quantitative estimate of drug-likeness (QED) is 0.149. The lowest BCUT2D eigenvalue weighted by atomic mass is 9.65. The van der Waals surface area contributed by atoms with Crippen LogP contribution in [0, 0.1) is 0 Å². The van der Waals surface area contributed by atoms with Gasteiger partial charge in [0.25, 0.3) is 0 Å². The molecule has 0 atom stereocenters. The minimum absolute atomic E-state index is 0.0509. The SMILES string of the molecule is CC(C)(C)c1ccc2c(c1)c1cc(C(C)(C)C)ccc1n2-c1ccc2c(c1)c1ccccc1n2-c1ccc(C(c2ccccc2)(c2ccccc2)c2ccccc2)cc1. The molecule has 2 heteroatoms. The van der Waals surface area contributed by atoms with Crippen molar-refractivity contribution >= 4 is 43.6 Å². The first-order valence-corrected chi connectivity index (χ1v) is 20.9. The third-order valence-electron chi connectivity index (χ3n) is 12.6. The van der Waals surface area contributed by atoms with Crippen molar-refractivity contribution in [1.29, 1.82) is 0 Å². The summed E-state index contributed by atoms with van der Waals surface area (Å²) in [6.45, 7) is 13.8. The van der Waals surface area contributed by atoms with Gasteiger partial charge in [-0.15, -0.1) is 0 Å². The van der Waals surface area contributed by atoms with Crippen molar-refractivity contribution in [2.24, 2.45) is 0 Å². The fourth-order valence-corrected chi connectivity index (χ4v) is 9.54. The predicted octanol–water partition coefficient (Wildman–Crippen LogP) is 14.9. The van der Waals surface area contributed by atoms with Crippen LogP contribution in [0.1, 0.15) is 74.9 Å². The van der Waals surface area contributed by atoms with E-state index in [2.05, 4.69) is 245 Å². The van der Waals surface area contributed by atoms with Crippen LogP contribution in [-0.2, 0) is 16.2 Å². The maximum atomic E-state index is 2.47. The zero-order valence-electron chi connectivity index (χ0n) is 34.9. The van der Waals surface area contributed by atoms with Gasteiger partial charge in [0.05, 0.1) is 27.5 Å². The van der Waals surface area contributed by atoms with Gasteiger partial charge >= 0.3 is 0 Å². The van der Waals surface area contributed by atoms with Gasteiger partial charge in [-0.05, 0) is 105 Å². The number of para-hydroxylation sites is 1. The molecule has 8 aromatic carbocycles. The second kappa shape index (κ2) is 13.7. The van der Waals surface area contributed by atoms with Crippen molar-refractivity contribution in [3.63, 3.8) is 0 Å². The summed E-state index contributed by atoms with van der Waals surface area (Å²) in [5.41, 5.74) is 14.4. The topological polar surface area (TPSA) is 9.86 Å². The smallest absolute Gasteiger partial charge is 0.0701 e. The summed E-state index contributed by atoms with van der Waals surface area (Å²) >= 11 is 0. The van der Waals surface area contributed by atoms with E-state index in [1.54, 1.807) is 0 Å². The summed E-state index contributed by atoms with van der Waals surface area (Å²) in [6.07, 6.45) is 0. The molecular weight excluding hydrogens is 713 g/mol. The fraction of sp³-hybridized carbons (Fsp3) is 0.158. The minimum atomic E-state index is -0.498. The highest BCUT2D eigenvalue weighted by Gasteiger charge is 2.38. The Morgan fingerprint density at radius 1 is 0.271 bits per heavy atom. The van der Waals surface area contributed by atoms with E-state index in [0.29, 0.717) is 0 Å². The highest BCUT2D eigenvalue weighted by atomic mass is 15.0. The van der Waals surface area contributed by atoms with E-state index in [-0.39, 0.29) is 10.8 Å². The van der Waals surface area contributed by atoms with E-state index in [1.807, 2.05) is 0 Å². The molecular formula is C57H50N2. The molecule has 0 bridgehead atoms. The molecule has 0 saturated carbocycles. The summed E-state index contributed by atoms with van der Waals surface area (Å²) in [5, 5.41) is 5.09. The highest BCUT2D eigenvalue weighted by molar-refractivity contribution is 6.12. The van der Waals surface area contributed by atoms with Gasteiger partial charge in [0, 0.05) is 32.9 Å². The Kier molecular flexibility index (Phi) is 8.54. The number of fused-ring (bicyclic) bond motifs is 6. The number of rotatable bonds is 6. The van der Waals surface area contributed by atoms with Crippen LogP contribution in [0.15, 0.2) is 194 Å². The lowest BCUT2D eigenvalue weighted by Crippen LogP contribution is -2.30. The van der Waals surface area contributed by atoms with Crippen molar-refractivity contribution in [2.75, 3.05) is 0 Å². The zero-order chi connectivity index (χ0) is 40.5. The van der Waals surface area contributed by atoms with Crippen LogP contribution in [0.3, 0.4) is 0 Å². The van der Waals surface area contributed by atoms with E-state index in [1.165, 1.54) is 82.7 Å². The first-order chi connectivity index (χ1) is 28.5. The second-order valence-electron chi connectivity index (χ2n) is 18.2. The number of aromatic nitrogens is 2. The molecule has 0 unspecified atom stereocenters. The Morgan fingerprint density at radius 3 is 1.08 bits per heavy atom. The van der Waals surface area contributed by atoms with Gasteiger partial charge in [-0.3, -0.25) is 0 Å². The highest BCUT2D eigenvalue weighted by Crippen LogP contribution is 2.46. The summed E-state index contributed by atoms with van der Waals surface area (Å²) in [4.78, 5) is 0. The monoisotopic (exact) mass is 762 g/mol. The standard InChI is InChI=1S/C57H50N2/c1-55(2,3)43-28-33-52-48(36-43)49-37-44(56(4,5)6)29-34-53(49)59(52)46-32-35-54-50(38-46)47-24-16-17-25-51(47)58(54)45-30-26-42(27-31-45)57(39-18-10-7-11-19-39,40-20-12-8-13-21-40)41-22-14-9-15-23-41/h7-38H,1-6H3. The Morgan fingerprint density at radius 2 is 0.610 bits per heavy atom. The molecule has 0 N–H and O–H groups in total. The van der Waals surface area contributed by atoms with E-state index >= 15 is 0 Å². The summed E-state index contributed by atoms with van der Waals surface area (Å²) in [7, 11) is 0. The molecule has 2 heterocycles. The van der Waals surface area contributed by atoms with Crippen LogP contribution in [0.5, 0.6) is 0 Å². The average molecular weight is 763 g/mol. The summed E-state index contributed by atoms with van der Waals surface area (Å²) < 4.78 is 4.91. The molecule has 0 aliphatic carbocycles. The first-order valence-electron chi connectivity index (χ1n) is 20.9. The van der Waals surface area contributed by atoms with Gasteiger partial charge in [0.2, 0.25) is 0 Å². The van der Waals surface area contributed by atoms with E-state index in [4.69, 9.17) is 0 Å². The molecule has 10 aromatic rings. The molecule has 2 nitrogen and oxygen atoms in total. The Balaban J connectivity index is 1.16. The molecule has 288 valence electrons. The lowest BCUT2D eigenvalue weighted by Gasteiger charge is -2.37. The van der Waals surface area contributed by atoms with Gasteiger partial charge in [0.1, 0.15) is 0 Å². The van der Waals surface area contributed by atoms with Gasteiger partial charge < -0.3 is 9.13 Å². The van der Waals surface area contributed by atoms with Crippen LogP contribution in [0.4, 0.5) is 0 Å². The molecule has 10 rings (SSSR count). The molecule has 0 aliphatic rings. The molecule has 0 spiro atoms. The summed E-state index contributed by atoms with van der Waals surface area (Å²) in [5.74, 6) is 0. The molecule has 0 amide bonds. The third kappa shape index (κ3) is 5.92. The molecule has 0 fully saturated rings. The van der Waals surface area contributed by atoms with E-state index < -0.39 is 5.41 Å². The Bertz CT molecular complexity index is 2960. The van der Waals surface area contributed by atoms with Crippen LogP contribution < -0.4 is 0 Å². The summed E-state index contributed by atoms with van der Waals surface area (Å²) in [6, 6.07) is 72.2. The van der Waals surface area contributed by atoms with Crippen molar-refractivity contribution in [2.45, 2.75) is 57.8 Å². The Hall–Kier alpha value is -6.64. The fourth-order valence-electron chi connectivity index (χ4n) is 9.54.